The molecule has 5 nitrogen and oxygen atoms in total. The summed E-state index contributed by atoms with van der Waals surface area (Å²) in [5.74, 6) is -0.158. The van der Waals surface area contributed by atoms with E-state index in [0.717, 1.165) is 17.4 Å². The first kappa shape index (κ1) is 11.0. The molecule has 0 aromatic heterocycles. The Kier molecular flexibility index (Phi) is 3.16. The number of benzene rings is 2. The smallest absolute Gasteiger partial charge is 0.0714 e. The van der Waals surface area contributed by atoms with Crippen molar-refractivity contribution in [2.24, 2.45) is 0 Å². The Bertz CT molecular complexity index is 517. The zero-order chi connectivity index (χ0) is 11.5. The van der Waals surface area contributed by atoms with Crippen molar-refractivity contribution in [3.63, 3.8) is 0 Å². The molecule has 0 saturated heterocycles. The first-order valence-electron chi connectivity index (χ1n) is 4.36. The summed E-state index contributed by atoms with van der Waals surface area (Å²) < 4.78 is 4.26. The number of hydrogen-bond acceptors (Lipinski definition) is 6. The third kappa shape index (κ3) is 2.20. The van der Waals surface area contributed by atoms with Crippen molar-refractivity contribution in [2.45, 2.75) is 4.90 Å². The normalized spacial score (nSPS) is 10.8. The SMILES string of the molecule is Nc1ccc2cc(SOOO)cc([O-])c2c1. The average Bonchev–Trinajstić information content (AvgIpc) is 2.27. The van der Waals surface area contributed by atoms with Crippen LogP contribution in [0.3, 0.4) is 0 Å². The predicted molar refractivity (Wildman–Crippen MR) is 58.5 cm³/mol. The lowest BCUT2D eigenvalue weighted by Gasteiger charge is -2.12. The fourth-order valence-corrected chi connectivity index (χ4v) is 1.86. The van der Waals surface area contributed by atoms with Crippen LogP contribution in [0.5, 0.6) is 5.75 Å². The van der Waals surface area contributed by atoms with Crippen molar-refractivity contribution >= 4 is 28.5 Å². The van der Waals surface area contributed by atoms with Gasteiger partial charge in [0.05, 0.1) is 12.0 Å². The third-order valence-corrected chi connectivity index (χ3v) is 2.63. The van der Waals surface area contributed by atoms with Crippen LogP contribution in [0.1, 0.15) is 0 Å². The van der Waals surface area contributed by atoms with E-state index in [1.807, 2.05) is 0 Å². The van der Waals surface area contributed by atoms with E-state index in [9.17, 15) is 5.11 Å². The summed E-state index contributed by atoms with van der Waals surface area (Å²) in [5, 5.41) is 24.5. The van der Waals surface area contributed by atoms with Crippen molar-refractivity contribution < 1.29 is 19.7 Å². The quantitative estimate of drug-likeness (QED) is 0.367. The number of nitrogens with two attached hydrogens (primary N) is 1. The second kappa shape index (κ2) is 4.58. The summed E-state index contributed by atoms with van der Waals surface area (Å²) in [4.78, 5) is 0.538. The summed E-state index contributed by atoms with van der Waals surface area (Å²) in [6.45, 7) is 0. The molecule has 2 rings (SSSR count). The molecule has 0 atom stereocenters. The van der Waals surface area contributed by atoms with Crippen molar-refractivity contribution in [3.8, 4) is 5.75 Å². The Hall–Kier alpha value is -1.47. The predicted octanol–water partition coefficient (Wildman–Crippen LogP) is 1.92. The van der Waals surface area contributed by atoms with Crippen LogP contribution >= 0.6 is 12.0 Å². The highest BCUT2D eigenvalue weighted by Crippen LogP contribution is 2.31. The first-order chi connectivity index (χ1) is 7.70. The Morgan fingerprint density at radius 1 is 1.25 bits per heavy atom. The van der Waals surface area contributed by atoms with E-state index in [-0.39, 0.29) is 5.75 Å². The molecule has 0 radical (unpaired) electrons. The molecular weight excluding hydrogens is 230 g/mol. The summed E-state index contributed by atoms with van der Waals surface area (Å²) >= 11 is 0.750. The minimum absolute atomic E-state index is 0.158. The fourth-order valence-electron chi connectivity index (χ4n) is 1.42. The van der Waals surface area contributed by atoms with E-state index in [4.69, 9.17) is 11.0 Å². The molecule has 0 amide bonds. The van der Waals surface area contributed by atoms with Crippen LogP contribution in [-0.2, 0) is 9.37 Å². The molecule has 0 aliphatic heterocycles. The van der Waals surface area contributed by atoms with Gasteiger partial charge < -0.3 is 10.8 Å². The van der Waals surface area contributed by atoms with Crippen LogP contribution in [0.2, 0.25) is 0 Å². The van der Waals surface area contributed by atoms with E-state index in [2.05, 4.69) is 9.37 Å². The van der Waals surface area contributed by atoms with Gasteiger partial charge in [-0.3, -0.25) is 0 Å². The van der Waals surface area contributed by atoms with Gasteiger partial charge in [-0.1, -0.05) is 22.9 Å². The average molecular weight is 238 g/mol. The van der Waals surface area contributed by atoms with Gasteiger partial charge in [-0.25, -0.2) is 5.26 Å². The zero-order valence-electron chi connectivity index (χ0n) is 8.04. The molecule has 2 aromatic rings. The molecule has 0 spiro atoms. The number of anilines is 1. The van der Waals surface area contributed by atoms with E-state index >= 15 is 0 Å². The van der Waals surface area contributed by atoms with Crippen molar-refractivity contribution in [1.29, 1.82) is 0 Å². The van der Waals surface area contributed by atoms with Crippen LogP contribution in [-0.4, -0.2) is 5.26 Å². The van der Waals surface area contributed by atoms with E-state index in [0.29, 0.717) is 16.0 Å². The maximum atomic E-state index is 11.7. The van der Waals surface area contributed by atoms with Gasteiger partial charge in [-0.2, -0.15) is 0 Å². The van der Waals surface area contributed by atoms with Gasteiger partial charge in [-0.05, 0) is 29.0 Å². The topological polar surface area (TPSA) is 87.8 Å². The lowest BCUT2D eigenvalue weighted by atomic mass is 10.1. The summed E-state index contributed by atoms with van der Waals surface area (Å²) in [6.07, 6.45) is 0. The lowest BCUT2D eigenvalue weighted by molar-refractivity contribution is -0.432. The van der Waals surface area contributed by atoms with Crippen LogP contribution in [0.15, 0.2) is 35.2 Å². The van der Waals surface area contributed by atoms with Gasteiger partial charge in [0.1, 0.15) is 0 Å². The molecule has 16 heavy (non-hydrogen) atoms. The molecule has 0 heterocycles. The molecule has 84 valence electrons. The Balaban J connectivity index is 2.46. The van der Waals surface area contributed by atoms with Gasteiger partial charge in [0, 0.05) is 10.6 Å². The zero-order valence-corrected chi connectivity index (χ0v) is 8.86. The molecule has 0 saturated carbocycles. The lowest BCUT2D eigenvalue weighted by Crippen LogP contribution is -1.93. The summed E-state index contributed by atoms with van der Waals surface area (Å²) in [7, 11) is 0. The molecule has 3 N–H and O–H groups in total. The van der Waals surface area contributed by atoms with Gasteiger partial charge in [0.25, 0.3) is 0 Å². The van der Waals surface area contributed by atoms with E-state index in [1.54, 1.807) is 24.3 Å². The third-order valence-electron chi connectivity index (χ3n) is 2.07. The maximum absolute atomic E-state index is 11.7. The number of nitrogen functional groups attached to an aromatic ring is 1. The monoisotopic (exact) mass is 238 g/mol. The minimum Gasteiger partial charge on any atom is -0.872 e. The number of fused-ring (bicyclic) bond motifs is 1. The van der Waals surface area contributed by atoms with E-state index in [1.165, 1.54) is 6.07 Å². The largest absolute Gasteiger partial charge is 0.872 e. The number of hydrogen-bond donors (Lipinski definition) is 2. The van der Waals surface area contributed by atoms with Crippen LogP contribution in [0.25, 0.3) is 10.8 Å². The number of rotatable bonds is 3. The molecule has 0 aliphatic rings. The second-order valence-corrected chi connectivity index (χ2v) is 3.90. The fraction of sp³-hybridized carbons (Fsp3) is 0. The molecule has 2 aromatic carbocycles. The van der Waals surface area contributed by atoms with Gasteiger partial charge in [-0.15, -0.1) is 4.33 Å². The van der Waals surface area contributed by atoms with Crippen LogP contribution in [0, 0.1) is 0 Å². The highest BCUT2D eigenvalue weighted by atomic mass is 32.2. The molecule has 0 aliphatic carbocycles. The van der Waals surface area contributed by atoms with Crippen molar-refractivity contribution in [3.05, 3.63) is 30.3 Å². The summed E-state index contributed by atoms with van der Waals surface area (Å²) in [6, 6.07) is 8.19. The standard InChI is InChI=1S/C10H9NO4S/c11-7-2-1-6-3-8(16-15-14-13)5-10(12)9(6)4-7/h1-5,12-13H,11H2/p-1. The summed E-state index contributed by atoms with van der Waals surface area (Å²) in [5.41, 5.74) is 6.13. The highest BCUT2D eigenvalue weighted by molar-refractivity contribution is 7.94. The first-order valence-corrected chi connectivity index (χ1v) is 5.10. The van der Waals surface area contributed by atoms with Crippen molar-refractivity contribution in [1.82, 2.24) is 0 Å². The Morgan fingerprint density at radius 3 is 2.81 bits per heavy atom. The Morgan fingerprint density at radius 2 is 2.06 bits per heavy atom. The molecule has 0 bridgehead atoms. The van der Waals surface area contributed by atoms with Gasteiger partial charge in [0.15, 0.2) is 0 Å². The van der Waals surface area contributed by atoms with Gasteiger partial charge >= 0.3 is 0 Å². The highest BCUT2D eigenvalue weighted by Gasteiger charge is 2.01. The molecule has 0 unspecified atom stereocenters. The van der Waals surface area contributed by atoms with Crippen molar-refractivity contribution in [2.75, 3.05) is 5.73 Å². The van der Waals surface area contributed by atoms with Gasteiger partial charge in [0.2, 0.25) is 0 Å². The van der Waals surface area contributed by atoms with E-state index < -0.39 is 0 Å². The molecular formula is C10H8NO4S-. The van der Waals surface area contributed by atoms with Crippen LogP contribution in [0.4, 0.5) is 5.69 Å². The maximum Gasteiger partial charge on any atom is 0.0714 e. The molecule has 0 fully saturated rings. The Labute approximate surface area is 95.5 Å². The minimum atomic E-state index is -0.158. The molecule has 6 heteroatoms. The second-order valence-electron chi connectivity index (χ2n) is 3.13. The van der Waals surface area contributed by atoms with Crippen LogP contribution < -0.4 is 10.8 Å².